The molecule has 2 fully saturated rings. The zero-order chi connectivity index (χ0) is 45.6. The number of hydrogen-bond acceptors (Lipinski definition) is 14. The topological polar surface area (TPSA) is 263 Å². The number of aryl methyl sites for hydroxylation is 1. The Morgan fingerprint density at radius 2 is 1.75 bits per heavy atom. The summed E-state index contributed by atoms with van der Waals surface area (Å²) in [6.45, 7) is 2.36. The molecule has 1 unspecified atom stereocenters. The van der Waals surface area contributed by atoms with Crippen LogP contribution in [0, 0.1) is 5.92 Å². The number of oxazole rings is 1. The van der Waals surface area contributed by atoms with Crippen molar-refractivity contribution in [3.05, 3.63) is 107 Å². The number of carbonyl (C=O) groups is 7. The number of nitrogens with two attached hydrogens (primary N) is 1. The number of fused-ring (bicyclic) bond motifs is 1. The highest BCUT2D eigenvalue weighted by Gasteiger charge is 2.45. The number of carbonyl (C=O) groups excluding carboxylic acids is 7. The van der Waals surface area contributed by atoms with Crippen molar-refractivity contribution in [1.29, 1.82) is 0 Å². The van der Waals surface area contributed by atoms with Crippen LogP contribution in [-0.4, -0.2) is 124 Å². The van der Waals surface area contributed by atoms with Crippen LogP contribution >= 0.6 is 0 Å². The van der Waals surface area contributed by atoms with E-state index < -0.39 is 41.5 Å². The number of anilines is 2. The minimum atomic E-state index is -1.02. The van der Waals surface area contributed by atoms with Gasteiger partial charge in [0.2, 0.25) is 17.7 Å². The first-order chi connectivity index (χ1) is 31.4. The fourth-order valence-electron chi connectivity index (χ4n) is 7.47. The van der Waals surface area contributed by atoms with Crippen molar-refractivity contribution in [2.45, 2.75) is 44.6 Å². The normalized spacial score (nSPS) is 15.8. The van der Waals surface area contributed by atoms with Crippen LogP contribution in [0.5, 0.6) is 0 Å². The van der Waals surface area contributed by atoms with Gasteiger partial charge in [-0.05, 0) is 86.1 Å². The average Bonchev–Trinajstić information content (AvgIpc) is 3.71. The standard InChI is InChI=1S/C45H46N10O10/c1-53(17-19-64-21-20-63-18-3-5-27-4-2-6-31-37(27)45(62)55(44(31)61)34-13-14-36(56)51-41(34)59)43(60)28-9-11-30(12-10-28)54-24-32(38(52-54)39(46)57)49-40(58)33-25-65-42(50-33)29-15-16-47-35(22-29)48-23-26-7-8-26/h2,4,6,9-12,15-16,22,24-26,34H,3,5,7-8,13-14,17-21,23H2,1H3,(H2,46,57)(H,47,48)(H,49,58)(H,51,56,59). The van der Waals surface area contributed by atoms with Gasteiger partial charge in [0.15, 0.2) is 11.4 Å². The molecule has 0 spiro atoms. The van der Waals surface area contributed by atoms with Gasteiger partial charge in [0.05, 0.1) is 48.5 Å². The fraction of sp³-hybridized carbons (Fsp3) is 0.333. The lowest BCUT2D eigenvalue weighted by Gasteiger charge is -2.27. The molecule has 5 heterocycles. The third kappa shape index (κ3) is 10.1. The number of benzene rings is 2. The monoisotopic (exact) mass is 886 g/mol. The second-order valence-corrected chi connectivity index (χ2v) is 15.8. The third-order valence-corrected chi connectivity index (χ3v) is 11.2. The van der Waals surface area contributed by atoms with Gasteiger partial charge in [0.25, 0.3) is 29.5 Å². The molecule has 20 heteroatoms. The lowest BCUT2D eigenvalue weighted by atomic mass is 9.99. The highest BCUT2D eigenvalue weighted by Crippen LogP contribution is 2.31. The molecule has 2 aliphatic heterocycles. The van der Waals surface area contributed by atoms with E-state index in [-0.39, 0.29) is 66.1 Å². The van der Waals surface area contributed by atoms with Crippen molar-refractivity contribution >= 4 is 52.9 Å². The van der Waals surface area contributed by atoms with E-state index in [1.165, 1.54) is 34.9 Å². The van der Waals surface area contributed by atoms with Gasteiger partial charge in [-0.3, -0.25) is 43.8 Å². The first-order valence-electron chi connectivity index (χ1n) is 21.2. The fourth-order valence-corrected chi connectivity index (χ4v) is 7.47. The van der Waals surface area contributed by atoms with Gasteiger partial charge in [-0.15, -0.1) is 0 Å². The number of amides is 7. The number of pyridine rings is 1. The van der Waals surface area contributed by atoms with Crippen LogP contribution in [0.15, 0.2) is 77.7 Å². The summed E-state index contributed by atoms with van der Waals surface area (Å²) in [5, 5.41) is 12.4. The van der Waals surface area contributed by atoms with Crippen LogP contribution in [-0.2, 0) is 25.5 Å². The Labute approximate surface area is 371 Å². The van der Waals surface area contributed by atoms with Crippen molar-refractivity contribution in [2.24, 2.45) is 11.7 Å². The first-order valence-corrected chi connectivity index (χ1v) is 21.2. The van der Waals surface area contributed by atoms with Crippen LogP contribution in [0.25, 0.3) is 17.1 Å². The van der Waals surface area contributed by atoms with Crippen molar-refractivity contribution in [3.8, 4) is 17.1 Å². The van der Waals surface area contributed by atoms with Gasteiger partial charge >= 0.3 is 0 Å². The molecule has 1 saturated heterocycles. The minimum absolute atomic E-state index is 0.0261. The van der Waals surface area contributed by atoms with Crippen molar-refractivity contribution < 1.29 is 47.5 Å². The summed E-state index contributed by atoms with van der Waals surface area (Å²) in [6, 6.07) is 14.0. The molecule has 0 radical (unpaired) electrons. The summed E-state index contributed by atoms with van der Waals surface area (Å²) in [4.78, 5) is 100. The minimum Gasteiger partial charge on any atom is -0.444 e. The largest absolute Gasteiger partial charge is 0.444 e. The van der Waals surface area contributed by atoms with E-state index in [0.717, 1.165) is 11.4 Å². The molecule has 3 aromatic heterocycles. The van der Waals surface area contributed by atoms with E-state index in [1.54, 1.807) is 67.8 Å². The molecule has 2 aromatic carbocycles. The molecule has 7 amide bonds. The number of imide groups is 2. The Morgan fingerprint density at radius 1 is 0.969 bits per heavy atom. The molecule has 65 heavy (non-hydrogen) atoms. The van der Waals surface area contributed by atoms with Crippen LogP contribution in [0.2, 0.25) is 0 Å². The van der Waals surface area contributed by atoms with Crippen LogP contribution in [0.1, 0.15) is 89.7 Å². The smallest absolute Gasteiger partial charge is 0.277 e. The van der Waals surface area contributed by atoms with E-state index in [4.69, 9.17) is 19.6 Å². The van der Waals surface area contributed by atoms with Gasteiger partial charge in [-0.2, -0.15) is 5.10 Å². The summed E-state index contributed by atoms with van der Waals surface area (Å²) < 4.78 is 18.3. The quantitative estimate of drug-likeness (QED) is 0.0646. The SMILES string of the molecule is CN(CCOCCOCCCc1cccc2c1C(=O)N(C1CCC(=O)NC1=O)C2=O)C(=O)c1ccc(-n2cc(NC(=O)c3coc(-c4ccnc(NCC5CC5)c4)n3)c(C(N)=O)n2)cc1. The molecule has 5 aromatic rings. The van der Waals surface area contributed by atoms with Crippen molar-refractivity contribution in [3.63, 3.8) is 0 Å². The van der Waals surface area contributed by atoms with Crippen LogP contribution in [0.3, 0.4) is 0 Å². The number of hydrogen-bond donors (Lipinski definition) is 4. The van der Waals surface area contributed by atoms with Gasteiger partial charge in [0, 0.05) is 50.5 Å². The van der Waals surface area contributed by atoms with Crippen molar-refractivity contribution in [2.75, 3.05) is 57.2 Å². The molecule has 0 bridgehead atoms. The zero-order valence-electron chi connectivity index (χ0n) is 35.4. The maximum absolute atomic E-state index is 13.3. The molecule has 1 aliphatic carbocycles. The van der Waals surface area contributed by atoms with Gasteiger partial charge in [-0.25, -0.2) is 14.6 Å². The van der Waals surface area contributed by atoms with E-state index in [0.29, 0.717) is 66.7 Å². The van der Waals surface area contributed by atoms with E-state index >= 15 is 0 Å². The highest BCUT2D eigenvalue weighted by molar-refractivity contribution is 6.24. The number of likely N-dealkylation sites (N-methyl/N-ethyl adjacent to an activating group) is 1. The molecule has 1 atom stereocenters. The predicted molar refractivity (Wildman–Crippen MR) is 231 cm³/mol. The number of rotatable bonds is 20. The third-order valence-electron chi connectivity index (χ3n) is 11.2. The number of nitrogens with zero attached hydrogens (tertiary/aromatic N) is 6. The van der Waals surface area contributed by atoms with E-state index in [2.05, 4.69) is 31.0 Å². The number of aromatic nitrogens is 4. The Kier molecular flexibility index (Phi) is 13.2. The maximum Gasteiger partial charge on any atom is 0.277 e. The second kappa shape index (κ2) is 19.4. The van der Waals surface area contributed by atoms with E-state index in [1.807, 2.05) is 0 Å². The molecule has 1 saturated carbocycles. The summed E-state index contributed by atoms with van der Waals surface area (Å²) in [5.74, 6) is -2.36. The maximum atomic E-state index is 13.3. The Morgan fingerprint density at radius 3 is 2.51 bits per heavy atom. The number of primary amides is 1. The molecular formula is C45H46N10O10. The Hall–Kier alpha value is -7.58. The second-order valence-electron chi connectivity index (χ2n) is 15.8. The lowest BCUT2D eigenvalue weighted by Crippen LogP contribution is -2.54. The van der Waals surface area contributed by atoms with Crippen molar-refractivity contribution in [1.82, 2.24) is 34.9 Å². The number of piperidine rings is 1. The van der Waals surface area contributed by atoms with Crippen LogP contribution in [0.4, 0.5) is 11.5 Å². The molecule has 5 N–H and O–H groups in total. The van der Waals surface area contributed by atoms with Gasteiger partial charge in [-0.1, -0.05) is 12.1 Å². The average molecular weight is 887 g/mol. The molecule has 8 rings (SSSR count). The lowest BCUT2D eigenvalue weighted by molar-refractivity contribution is -0.136. The summed E-state index contributed by atoms with van der Waals surface area (Å²) in [7, 11) is 1.65. The summed E-state index contributed by atoms with van der Waals surface area (Å²) in [6.07, 6.45) is 7.85. The number of nitrogens with one attached hydrogen (secondary N) is 3. The molecule has 3 aliphatic rings. The van der Waals surface area contributed by atoms with Crippen LogP contribution < -0.4 is 21.7 Å². The van der Waals surface area contributed by atoms with Gasteiger partial charge in [0.1, 0.15) is 18.1 Å². The Balaban J connectivity index is 0.758. The highest BCUT2D eigenvalue weighted by atomic mass is 16.5. The van der Waals surface area contributed by atoms with E-state index in [9.17, 15) is 33.6 Å². The first kappa shape index (κ1) is 44.0. The summed E-state index contributed by atoms with van der Waals surface area (Å²) in [5.41, 5.74) is 8.18. The molecule has 20 nitrogen and oxygen atoms in total. The predicted octanol–water partition coefficient (Wildman–Crippen LogP) is 3.23. The molecular weight excluding hydrogens is 841 g/mol. The van der Waals surface area contributed by atoms with Gasteiger partial charge < -0.3 is 35.2 Å². The zero-order valence-corrected chi connectivity index (χ0v) is 35.4. The number of ether oxygens (including phenoxy) is 2. The summed E-state index contributed by atoms with van der Waals surface area (Å²) >= 11 is 0. The Bertz CT molecular complexity index is 2650. The molecule has 336 valence electrons.